The lowest BCUT2D eigenvalue weighted by molar-refractivity contribution is 0.644. The maximum absolute atomic E-state index is 4.38. The van der Waals surface area contributed by atoms with Crippen molar-refractivity contribution in [2.75, 3.05) is 12.4 Å². The zero-order valence-electron chi connectivity index (χ0n) is 9.73. The van der Waals surface area contributed by atoms with Crippen molar-refractivity contribution in [3.8, 4) is 0 Å². The quantitative estimate of drug-likeness (QED) is 0.844. The number of nitrogens with one attached hydrogen (secondary N) is 1. The van der Waals surface area contributed by atoms with E-state index in [2.05, 4.69) is 26.4 Å². The molecule has 0 fully saturated rings. The maximum Gasteiger partial charge on any atom is 0.144 e. The van der Waals surface area contributed by atoms with E-state index in [0.29, 0.717) is 6.54 Å². The van der Waals surface area contributed by atoms with Gasteiger partial charge in [0.15, 0.2) is 0 Å². The number of aromatic nitrogens is 4. The molecule has 16 heavy (non-hydrogen) atoms. The lowest BCUT2D eigenvalue weighted by atomic mass is 10.4. The molecule has 2 aromatic rings. The molecule has 0 amide bonds. The molecule has 5 heteroatoms. The molecule has 2 rings (SSSR count). The Kier molecular flexibility index (Phi) is 2.85. The number of rotatable bonds is 3. The number of hydrogen-bond acceptors (Lipinski definition) is 4. The Hall–Kier alpha value is -1.91. The van der Waals surface area contributed by atoms with Gasteiger partial charge in [-0.25, -0.2) is 4.98 Å². The van der Waals surface area contributed by atoms with Crippen molar-refractivity contribution >= 4 is 5.82 Å². The van der Waals surface area contributed by atoms with Gasteiger partial charge in [-0.2, -0.15) is 5.10 Å². The third-order valence-corrected chi connectivity index (χ3v) is 2.38. The third-order valence-electron chi connectivity index (χ3n) is 2.38. The van der Waals surface area contributed by atoms with Gasteiger partial charge in [-0.1, -0.05) is 0 Å². The smallest absolute Gasteiger partial charge is 0.144 e. The molecule has 0 aliphatic rings. The van der Waals surface area contributed by atoms with E-state index in [1.807, 2.05) is 25.6 Å². The maximum atomic E-state index is 4.38. The first-order valence-corrected chi connectivity index (χ1v) is 5.19. The van der Waals surface area contributed by atoms with Crippen LogP contribution in [0.1, 0.15) is 17.1 Å². The minimum Gasteiger partial charge on any atom is -0.372 e. The fraction of sp³-hybridized carbons (Fsp3) is 0.364. The summed E-state index contributed by atoms with van der Waals surface area (Å²) in [6.45, 7) is 4.69. The summed E-state index contributed by atoms with van der Waals surface area (Å²) < 4.78 is 1.93. The van der Waals surface area contributed by atoms with E-state index in [0.717, 1.165) is 22.9 Å². The highest BCUT2D eigenvalue weighted by atomic mass is 15.3. The van der Waals surface area contributed by atoms with Crippen LogP contribution in [0.5, 0.6) is 0 Å². The SMILES string of the molecule is CNc1cnc(Cn2nc(C)cc2C)cn1. The summed E-state index contributed by atoms with van der Waals surface area (Å²) in [6.07, 6.45) is 3.49. The van der Waals surface area contributed by atoms with E-state index in [1.54, 1.807) is 12.4 Å². The zero-order valence-corrected chi connectivity index (χ0v) is 9.73. The number of anilines is 1. The summed E-state index contributed by atoms with van der Waals surface area (Å²) in [4.78, 5) is 8.52. The largest absolute Gasteiger partial charge is 0.372 e. The van der Waals surface area contributed by atoms with Crippen LogP contribution in [0.4, 0.5) is 5.82 Å². The monoisotopic (exact) mass is 217 g/mol. The van der Waals surface area contributed by atoms with Crippen molar-refractivity contribution < 1.29 is 0 Å². The molecule has 0 saturated heterocycles. The normalized spacial score (nSPS) is 10.4. The van der Waals surface area contributed by atoms with Crippen LogP contribution in [0.15, 0.2) is 18.5 Å². The molecule has 0 aliphatic heterocycles. The van der Waals surface area contributed by atoms with Crippen LogP contribution in [0.3, 0.4) is 0 Å². The van der Waals surface area contributed by atoms with Gasteiger partial charge in [-0.3, -0.25) is 9.67 Å². The van der Waals surface area contributed by atoms with Crippen LogP contribution in [0.2, 0.25) is 0 Å². The van der Waals surface area contributed by atoms with Crippen molar-refractivity contribution in [2.24, 2.45) is 0 Å². The molecule has 0 bridgehead atoms. The molecule has 0 aliphatic carbocycles. The highest BCUT2D eigenvalue weighted by molar-refractivity contribution is 5.29. The van der Waals surface area contributed by atoms with Gasteiger partial charge in [0.1, 0.15) is 5.82 Å². The van der Waals surface area contributed by atoms with Crippen molar-refractivity contribution in [2.45, 2.75) is 20.4 Å². The van der Waals surface area contributed by atoms with E-state index in [9.17, 15) is 0 Å². The highest BCUT2D eigenvalue weighted by Crippen LogP contribution is 2.06. The molecule has 84 valence electrons. The standard InChI is InChI=1S/C11H15N5/c1-8-4-9(2)16(15-8)7-10-5-14-11(12-3)6-13-10/h4-6H,7H2,1-3H3,(H,12,14). The molecule has 0 radical (unpaired) electrons. The van der Waals surface area contributed by atoms with Gasteiger partial charge in [0.05, 0.1) is 30.3 Å². The highest BCUT2D eigenvalue weighted by Gasteiger charge is 2.03. The van der Waals surface area contributed by atoms with Gasteiger partial charge in [0.25, 0.3) is 0 Å². The summed E-state index contributed by atoms with van der Waals surface area (Å²) in [5.74, 6) is 0.775. The molecule has 0 unspecified atom stereocenters. The van der Waals surface area contributed by atoms with Crippen molar-refractivity contribution in [3.05, 3.63) is 35.5 Å². The number of aryl methyl sites for hydroxylation is 2. The first kappa shape index (κ1) is 10.6. The van der Waals surface area contributed by atoms with Crippen LogP contribution in [0.25, 0.3) is 0 Å². The molecule has 0 atom stereocenters. The van der Waals surface area contributed by atoms with Gasteiger partial charge >= 0.3 is 0 Å². The van der Waals surface area contributed by atoms with E-state index in [-0.39, 0.29) is 0 Å². The summed E-state index contributed by atoms with van der Waals surface area (Å²) >= 11 is 0. The van der Waals surface area contributed by atoms with Crippen LogP contribution in [-0.2, 0) is 6.54 Å². The minimum atomic E-state index is 0.663. The van der Waals surface area contributed by atoms with Crippen LogP contribution in [-0.4, -0.2) is 26.8 Å². The first-order chi connectivity index (χ1) is 7.69. The molecule has 0 spiro atoms. The molecule has 5 nitrogen and oxygen atoms in total. The molecular formula is C11H15N5. The lowest BCUT2D eigenvalue weighted by Crippen LogP contribution is -2.06. The second-order valence-corrected chi connectivity index (χ2v) is 3.73. The number of hydrogen-bond donors (Lipinski definition) is 1. The summed E-state index contributed by atoms with van der Waals surface area (Å²) in [6, 6.07) is 2.05. The average Bonchev–Trinajstić information content (AvgIpc) is 2.59. The Morgan fingerprint density at radius 3 is 2.56 bits per heavy atom. The molecule has 1 N–H and O–H groups in total. The van der Waals surface area contributed by atoms with E-state index in [1.165, 1.54) is 0 Å². The summed E-state index contributed by atoms with van der Waals surface area (Å²) in [5.41, 5.74) is 3.07. The van der Waals surface area contributed by atoms with Gasteiger partial charge in [-0.05, 0) is 19.9 Å². The first-order valence-electron chi connectivity index (χ1n) is 5.19. The average molecular weight is 217 g/mol. The summed E-state index contributed by atoms with van der Waals surface area (Å²) in [5, 5.41) is 7.32. The second-order valence-electron chi connectivity index (χ2n) is 3.73. The Balaban J connectivity index is 2.17. The fourth-order valence-electron chi connectivity index (χ4n) is 1.55. The summed E-state index contributed by atoms with van der Waals surface area (Å²) in [7, 11) is 1.82. The number of nitrogens with zero attached hydrogens (tertiary/aromatic N) is 4. The van der Waals surface area contributed by atoms with E-state index in [4.69, 9.17) is 0 Å². The Morgan fingerprint density at radius 1 is 1.25 bits per heavy atom. The fourth-order valence-corrected chi connectivity index (χ4v) is 1.55. The Labute approximate surface area is 94.5 Å². The molecule has 0 aromatic carbocycles. The molecule has 0 saturated carbocycles. The Bertz CT molecular complexity index is 472. The van der Waals surface area contributed by atoms with Crippen molar-refractivity contribution in [1.29, 1.82) is 0 Å². The van der Waals surface area contributed by atoms with E-state index < -0.39 is 0 Å². The lowest BCUT2D eigenvalue weighted by Gasteiger charge is -2.04. The topological polar surface area (TPSA) is 55.6 Å². The van der Waals surface area contributed by atoms with Crippen molar-refractivity contribution in [1.82, 2.24) is 19.7 Å². The Morgan fingerprint density at radius 2 is 2.06 bits per heavy atom. The minimum absolute atomic E-state index is 0.663. The molecule has 2 aromatic heterocycles. The third kappa shape index (κ3) is 2.18. The van der Waals surface area contributed by atoms with Crippen LogP contribution < -0.4 is 5.32 Å². The molecule has 2 heterocycles. The van der Waals surface area contributed by atoms with E-state index >= 15 is 0 Å². The van der Waals surface area contributed by atoms with Gasteiger partial charge in [0, 0.05) is 12.7 Å². The van der Waals surface area contributed by atoms with Crippen LogP contribution >= 0.6 is 0 Å². The van der Waals surface area contributed by atoms with Gasteiger partial charge in [-0.15, -0.1) is 0 Å². The second kappa shape index (κ2) is 4.30. The molecular weight excluding hydrogens is 202 g/mol. The van der Waals surface area contributed by atoms with Gasteiger partial charge in [0.2, 0.25) is 0 Å². The van der Waals surface area contributed by atoms with Crippen LogP contribution in [0, 0.1) is 13.8 Å². The predicted molar refractivity (Wildman–Crippen MR) is 62.4 cm³/mol. The zero-order chi connectivity index (χ0) is 11.5. The van der Waals surface area contributed by atoms with Crippen molar-refractivity contribution in [3.63, 3.8) is 0 Å². The van der Waals surface area contributed by atoms with Gasteiger partial charge < -0.3 is 5.32 Å². The predicted octanol–water partition coefficient (Wildman–Crippen LogP) is 1.38.